The highest BCUT2D eigenvalue weighted by Crippen LogP contribution is 2.25. The van der Waals surface area contributed by atoms with Crippen molar-refractivity contribution in [2.45, 2.75) is 25.1 Å². The molecule has 14 heteroatoms. The van der Waals surface area contributed by atoms with Crippen LogP contribution in [0.5, 0.6) is 0 Å². The molecular formula is C14H12F3I3O7S. The van der Waals surface area contributed by atoms with E-state index in [-0.39, 0.29) is 13.0 Å². The van der Waals surface area contributed by atoms with E-state index in [1.165, 1.54) is 0 Å². The lowest BCUT2D eigenvalue weighted by molar-refractivity contribution is -0.215. The molecule has 0 fully saturated rings. The van der Waals surface area contributed by atoms with Gasteiger partial charge in [0.15, 0.2) is 0 Å². The molecule has 0 heterocycles. The van der Waals surface area contributed by atoms with Crippen LogP contribution < -0.4 is 0 Å². The van der Waals surface area contributed by atoms with Crippen LogP contribution in [-0.4, -0.2) is 49.5 Å². The first-order chi connectivity index (χ1) is 12.7. The van der Waals surface area contributed by atoms with Crippen LogP contribution in [0.2, 0.25) is 0 Å². The molecule has 0 aliphatic rings. The number of carbonyl (C=O) groups is 2. The number of ether oxygens (including phenoxy) is 2. The summed E-state index contributed by atoms with van der Waals surface area (Å²) in [6, 6.07) is 3.48. The predicted molar refractivity (Wildman–Crippen MR) is 116 cm³/mol. The van der Waals surface area contributed by atoms with Gasteiger partial charge < -0.3 is 9.47 Å². The summed E-state index contributed by atoms with van der Waals surface area (Å²) in [6.07, 6.45) is -8.80. The quantitative estimate of drug-likeness (QED) is 0.141. The van der Waals surface area contributed by atoms with Crippen LogP contribution >= 0.6 is 67.8 Å². The average molecular weight is 762 g/mol. The number of esters is 2. The molecule has 1 aromatic carbocycles. The second-order valence-electron chi connectivity index (χ2n) is 5.26. The van der Waals surface area contributed by atoms with Gasteiger partial charge in [-0.15, -0.1) is 0 Å². The summed E-state index contributed by atoms with van der Waals surface area (Å²) in [7, 11) is -5.00. The van der Waals surface area contributed by atoms with Crippen molar-refractivity contribution in [2.24, 2.45) is 0 Å². The Morgan fingerprint density at radius 3 is 2.32 bits per heavy atom. The third-order valence-electron chi connectivity index (χ3n) is 2.97. The van der Waals surface area contributed by atoms with Crippen LogP contribution in [0.25, 0.3) is 0 Å². The van der Waals surface area contributed by atoms with Crippen molar-refractivity contribution in [3.05, 3.63) is 28.4 Å². The molecule has 7 nitrogen and oxygen atoms in total. The molecule has 0 saturated heterocycles. The lowest BCUT2D eigenvalue weighted by Crippen LogP contribution is -2.39. The average Bonchev–Trinajstić information content (AvgIpc) is 2.52. The largest absolute Gasteiger partial charge is 0.462 e. The maximum Gasteiger partial charge on any atom is 0.426 e. The van der Waals surface area contributed by atoms with Crippen molar-refractivity contribution in [1.82, 2.24) is 0 Å². The molecular weight excluding hydrogens is 750 g/mol. The zero-order valence-corrected chi connectivity index (χ0v) is 20.9. The monoisotopic (exact) mass is 762 g/mol. The van der Waals surface area contributed by atoms with E-state index in [1.54, 1.807) is 6.07 Å². The number of carbonyl (C=O) groups excluding carboxylic acids is 2. The van der Waals surface area contributed by atoms with E-state index >= 15 is 0 Å². The lowest BCUT2D eigenvalue weighted by Gasteiger charge is -2.19. The summed E-state index contributed by atoms with van der Waals surface area (Å²) >= 11 is 6.06. The topological polar surface area (TPSA) is 107 Å². The summed E-state index contributed by atoms with van der Waals surface area (Å²) in [5.41, 5.74) is 0.324. The Labute approximate surface area is 199 Å². The SMILES string of the molecule is O=C(CCCOC(=O)c1cc(I)cc(I)c1I)OC(CS(=O)(=O)O)C(F)(F)F. The second kappa shape index (κ2) is 10.9. The van der Waals surface area contributed by atoms with E-state index < -0.39 is 46.5 Å². The van der Waals surface area contributed by atoms with Gasteiger partial charge in [0.25, 0.3) is 10.1 Å². The maximum atomic E-state index is 12.7. The summed E-state index contributed by atoms with van der Waals surface area (Å²) in [5.74, 6) is -3.77. The van der Waals surface area contributed by atoms with E-state index in [2.05, 4.69) is 27.3 Å². The van der Waals surface area contributed by atoms with Gasteiger partial charge in [0.1, 0.15) is 5.75 Å². The van der Waals surface area contributed by atoms with Gasteiger partial charge in [0.05, 0.1) is 12.2 Å². The summed E-state index contributed by atoms with van der Waals surface area (Å²) in [5, 5.41) is 0. The van der Waals surface area contributed by atoms with Gasteiger partial charge >= 0.3 is 18.1 Å². The molecule has 0 aliphatic heterocycles. The minimum atomic E-state index is -5.16. The molecule has 1 atom stereocenters. The van der Waals surface area contributed by atoms with Gasteiger partial charge in [-0.25, -0.2) is 4.79 Å². The fraction of sp³-hybridized carbons (Fsp3) is 0.429. The number of halogens is 6. The number of hydrogen-bond donors (Lipinski definition) is 1. The molecule has 0 bridgehead atoms. The van der Waals surface area contributed by atoms with Crippen LogP contribution in [0.3, 0.4) is 0 Å². The highest BCUT2D eigenvalue weighted by molar-refractivity contribution is 14.1. The van der Waals surface area contributed by atoms with Gasteiger partial charge in [-0.1, -0.05) is 0 Å². The van der Waals surface area contributed by atoms with E-state index in [4.69, 9.17) is 9.29 Å². The first-order valence-electron chi connectivity index (χ1n) is 7.23. The van der Waals surface area contributed by atoms with E-state index in [0.717, 1.165) is 7.14 Å². The highest BCUT2D eigenvalue weighted by Gasteiger charge is 2.45. The number of hydrogen-bond acceptors (Lipinski definition) is 6. The normalized spacial score (nSPS) is 13.1. The molecule has 0 saturated carbocycles. The third kappa shape index (κ3) is 9.24. The molecule has 28 heavy (non-hydrogen) atoms. The first-order valence-corrected chi connectivity index (χ1v) is 12.1. The summed E-state index contributed by atoms with van der Waals surface area (Å²) in [6.45, 7) is -0.249. The first kappa shape index (κ1) is 26.1. The van der Waals surface area contributed by atoms with E-state index in [9.17, 15) is 31.2 Å². The van der Waals surface area contributed by atoms with Gasteiger partial charge in [-0.2, -0.15) is 21.6 Å². The molecule has 1 rings (SSSR count). The van der Waals surface area contributed by atoms with Crippen molar-refractivity contribution in [3.63, 3.8) is 0 Å². The van der Waals surface area contributed by atoms with Crippen LogP contribution in [0.4, 0.5) is 13.2 Å². The smallest absolute Gasteiger partial charge is 0.426 e. The zero-order valence-electron chi connectivity index (χ0n) is 13.6. The molecule has 1 aromatic rings. The van der Waals surface area contributed by atoms with Crippen LogP contribution in [0, 0.1) is 10.7 Å². The van der Waals surface area contributed by atoms with Crippen LogP contribution in [-0.2, 0) is 24.4 Å². The van der Waals surface area contributed by atoms with Gasteiger partial charge in [0.2, 0.25) is 6.10 Å². The summed E-state index contributed by atoms with van der Waals surface area (Å²) in [4.78, 5) is 23.6. The molecule has 0 aliphatic carbocycles. The standard InChI is InChI=1S/C14H12F3I3O7S/c15-14(16,17)10(6-28(23,24)25)27-11(21)2-1-3-26-13(22)8-4-7(18)5-9(19)12(8)20/h4-5,10H,1-3,6H2,(H,23,24,25). The highest BCUT2D eigenvalue weighted by atomic mass is 127. The number of alkyl halides is 3. The minimum Gasteiger partial charge on any atom is -0.462 e. The number of rotatable bonds is 8. The van der Waals surface area contributed by atoms with Crippen LogP contribution in [0.1, 0.15) is 23.2 Å². The fourth-order valence-corrected chi connectivity index (χ4v) is 4.78. The Bertz CT molecular complexity index is 843. The molecule has 0 radical (unpaired) electrons. The number of benzene rings is 1. The molecule has 158 valence electrons. The van der Waals surface area contributed by atoms with Crippen LogP contribution in [0.15, 0.2) is 12.1 Å². The van der Waals surface area contributed by atoms with E-state index in [1.807, 2.05) is 51.2 Å². The minimum absolute atomic E-state index is 0.126. The molecule has 0 spiro atoms. The Kier molecular flexibility index (Phi) is 10.1. The Balaban J connectivity index is 2.55. The molecule has 0 aromatic heterocycles. The van der Waals surface area contributed by atoms with Gasteiger partial charge in [0, 0.05) is 17.1 Å². The van der Waals surface area contributed by atoms with Gasteiger partial charge in [-0.3, -0.25) is 9.35 Å². The molecule has 0 amide bonds. The maximum absolute atomic E-state index is 12.7. The molecule has 1 N–H and O–H groups in total. The summed E-state index contributed by atoms with van der Waals surface area (Å²) < 4.78 is 79.2. The Morgan fingerprint density at radius 1 is 1.18 bits per heavy atom. The fourth-order valence-electron chi connectivity index (χ4n) is 1.77. The molecule has 1 unspecified atom stereocenters. The zero-order chi connectivity index (χ0) is 21.7. The Hall–Kier alpha value is 0.0500. The van der Waals surface area contributed by atoms with Crippen molar-refractivity contribution >= 4 is 89.8 Å². The van der Waals surface area contributed by atoms with Crippen molar-refractivity contribution in [1.29, 1.82) is 0 Å². The van der Waals surface area contributed by atoms with Crippen molar-refractivity contribution in [2.75, 3.05) is 12.4 Å². The van der Waals surface area contributed by atoms with Gasteiger partial charge in [-0.05, 0) is 86.3 Å². The van der Waals surface area contributed by atoms with E-state index in [0.29, 0.717) is 9.13 Å². The lowest BCUT2D eigenvalue weighted by atomic mass is 10.2. The van der Waals surface area contributed by atoms with Crippen molar-refractivity contribution in [3.8, 4) is 0 Å². The second-order valence-corrected chi connectivity index (χ2v) is 10.2. The predicted octanol–water partition coefficient (Wildman–Crippen LogP) is 3.80. The Morgan fingerprint density at radius 2 is 1.79 bits per heavy atom. The van der Waals surface area contributed by atoms with Crippen molar-refractivity contribution < 1.29 is 45.2 Å². The third-order valence-corrected chi connectivity index (χ3v) is 7.36.